The van der Waals surface area contributed by atoms with E-state index in [0.29, 0.717) is 5.56 Å². The fraction of sp³-hybridized carbons (Fsp3) is 0.524. The third kappa shape index (κ3) is 7.32. The Balaban J connectivity index is 2.15. The number of halogens is 1. The molecule has 10 heteroatoms. The van der Waals surface area contributed by atoms with Crippen molar-refractivity contribution >= 4 is 23.8 Å². The molecule has 1 aromatic rings. The highest BCUT2D eigenvalue weighted by Gasteiger charge is 2.48. The van der Waals surface area contributed by atoms with Crippen LogP contribution < -0.4 is 10.6 Å². The Labute approximate surface area is 179 Å². The molecule has 2 amide bonds. The number of ether oxygens (including phenoxy) is 3. The van der Waals surface area contributed by atoms with Crippen molar-refractivity contribution in [3.05, 3.63) is 35.6 Å². The Morgan fingerprint density at radius 1 is 1.06 bits per heavy atom. The molecule has 2 rings (SSSR count). The van der Waals surface area contributed by atoms with Crippen LogP contribution in [-0.4, -0.2) is 60.8 Å². The second-order valence-electron chi connectivity index (χ2n) is 7.36. The summed E-state index contributed by atoms with van der Waals surface area (Å²) in [6.07, 6.45) is -3.59. The number of nitrogens with one attached hydrogen (secondary N) is 2. The largest absolute Gasteiger partial charge is 0.456 e. The first-order valence-corrected chi connectivity index (χ1v) is 9.85. The molecule has 9 nitrogen and oxygen atoms in total. The molecule has 0 aliphatic carbocycles. The van der Waals surface area contributed by atoms with Crippen LogP contribution in [0.1, 0.15) is 33.3 Å². The van der Waals surface area contributed by atoms with Crippen LogP contribution in [0.5, 0.6) is 0 Å². The molecule has 31 heavy (non-hydrogen) atoms. The number of esters is 2. The van der Waals surface area contributed by atoms with Crippen molar-refractivity contribution in [1.82, 2.24) is 10.6 Å². The second-order valence-corrected chi connectivity index (χ2v) is 7.36. The lowest BCUT2D eigenvalue weighted by Gasteiger charge is -2.44. The van der Waals surface area contributed by atoms with E-state index in [0.717, 1.165) is 0 Å². The average Bonchev–Trinajstić information content (AvgIpc) is 2.64. The molecule has 0 radical (unpaired) electrons. The number of rotatable bonds is 7. The molecular weight excluding hydrogens is 411 g/mol. The van der Waals surface area contributed by atoms with Crippen molar-refractivity contribution in [2.24, 2.45) is 0 Å². The highest BCUT2D eigenvalue weighted by molar-refractivity contribution is 5.78. The summed E-state index contributed by atoms with van der Waals surface area (Å²) in [5, 5.41) is 5.33. The number of benzene rings is 1. The monoisotopic (exact) mass is 438 g/mol. The van der Waals surface area contributed by atoms with Crippen LogP contribution in [0.15, 0.2) is 24.3 Å². The molecule has 2 N–H and O–H groups in total. The molecule has 5 unspecified atom stereocenters. The zero-order valence-corrected chi connectivity index (χ0v) is 17.8. The van der Waals surface area contributed by atoms with Crippen LogP contribution >= 0.6 is 0 Å². The lowest BCUT2D eigenvalue weighted by Crippen LogP contribution is -2.66. The maximum Gasteiger partial charge on any atom is 0.303 e. The van der Waals surface area contributed by atoms with Gasteiger partial charge in [-0.15, -0.1) is 0 Å². The van der Waals surface area contributed by atoms with Gasteiger partial charge in [0.25, 0.3) is 0 Å². The zero-order chi connectivity index (χ0) is 23.1. The van der Waals surface area contributed by atoms with Crippen molar-refractivity contribution in [3.8, 4) is 0 Å². The van der Waals surface area contributed by atoms with E-state index < -0.39 is 54.1 Å². The molecule has 0 aromatic heterocycles. The van der Waals surface area contributed by atoms with Gasteiger partial charge in [-0.05, 0) is 24.6 Å². The summed E-state index contributed by atoms with van der Waals surface area (Å²) in [7, 11) is 0. The van der Waals surface area contributed by atoms with Gasteiger partial charge < -0.3 is 24.8 Å². The minimum absolute atomic E-state index is 0.0546. The zero-order valence-electron chi connectivity index (χ0n) is 17.8. The second kappa shape index (κ2) is 10.9. The number of carbonyl (C=O) groups is 4. The summed E-state index contributed by atoms with van der Waals surface area (Å²) in [6, 6.07) is 4.91. The summed E-state index contributed by atoms with van der Waals surface area (Å²) >= 11 is 0. The van der Waals surface area contributed by atoms with E-state index in [1.54, 1.807) is 13.0 Å². The van der Waals surface area contributed by atoms with Crippen molar-refractivity contribution in [2.45, 2.75) is 64.6 Å². The van der Waals surface area contributed by atoms with Crippen molar-refractivity contribution in [3.63, 3.8) is 0 Å². The van der Waals surface area contributed by atoms with E-state index in [1.165, 1.54) is 39.0 Å². The van der Waals surface area contributed by atoms with Crippen LogP contribution in [0, 0.1) is 5.82 Å². The SMILES string of the molecule is CC(=O)NC1C(C)OC(CNC(=O)Cc2cccc(F)c2)C(OC(C)=O)C1OC(C)=O. The number of carbonyl (C=O) groups excluding carboxylic acids is 4. The normalized spacial score (nSPS) is 25.3. The van der Waals surface area contributed by atoms with Gasteiger partial charge in [0.15, 0.2) is 12.2 Å². The van der Waals surface area contributed by atoms with Crippen molar-refractivity contribution < 1.29 is 37.8 Å². The Morgan fingerprint density at radius 2 is 1.71 bits per heavy atom. The van der Waals surface area contributed by atoms with Gasteiger partial charge in [0.05, 0.1) is 18.6 Å². The van der Waals surface area contributed by atoms with E-state index in [1.807, 2.05) is 0 Å². The predicted octanol–water partition coefficient (Wildman–Crippen LogP) is 0.640. The lowest BCUT2D eigenvalue weighted by molar-refractivity contribution is -0.212. The summed E-state index contributed by atoms with van der Waals surface area (Å²) in [6.45, 7) is 5.31. The standard InChI is InChI=1S/C21H27FN2O7/c1-11-19(24-12(2)25)21(31-14(4)27)20(30-13(3)26)17(29-11)10-23-18(28)9-15-6-5-7-16(22)8-15/h5-8,11,17,19-21H,9-10H2,1-4H3,(H,23,28)(H,24,25). The fourth-order valence-electron chi connectivity index (χ4n) is 3.50. The molecule has 0 saturated carbocycles. The molecule has 1 fully saturated rings. The van der Waals surface area contributed by atoms with Gasteiger partial charge >= 0.3 is 11.9 Å². The number of hydrogen-bond donors (Lipinski definition) is 2. The molecular formula is C21H27FN2O7. The molecule has 1 saturated heterocycles. The first-order chi connectivity index (χ1) is 14.6. The van der Waals surface area contributed by atoms with Gasteiger partial charge in [-0.1, -0.05) is 12.1 Å². The lowest BCUT2D eigenvalue weighted by atomic mass is 9.92. The Morgan fingerprint density at radius 3 is 2.29 bits per heavy atom. The van der Waals surface area contributed by atoms with Crippen molar-refractivity contribution in [2.75, 3.05) is 6.54 Å². The average molecular weight is 438 g/mol. The van der Waals surface area contributed by atoms with Crippen molar-refractivity contribution in [1.29, 1.82) is 0 Å². The van der Waals surface area contributed by atoms with Gasteiger partial charge in [-0.2, -0.15) is 0 Å². The van der Waals surface area contributed by atoms with Crippen LogP contribution in [0.2, 0.25) is 0 Å². The molecule has 170 valence electrons. The van der Waals surface area contributed by atoms with E-state index in [9.17, 15) is 23.6 Å². The number of hydrogen-bond acceptors (Lipinski definition) is 7. The quantitative estimate of drug-likeness (QED) is 0.600. The van der Waals surface area contributed by atoms with Gasteiger partial charge in [-0.25, -0.2) is 4.39 Å². The summed E-state index contributed by atoms with van der Waals surface area (Å²) in [5.74, 6) is -2.48. The first kappa shape index (κ1) is 24.3. The van der Waals surface area contributed by atoms with E-state index in [4.69, 9.17) is 14.2 Å². The van der Waals surface area contributed by atoms with Crippen LogP contribution in [0.4, 0.5) is 4.39 Å². The van der Waals surface area contributed by atoms with Gasteiger partial charge in [0.1, 0.15) is 11.9 Å². The molecule has 1 aromatic carbocycles. The Hall–Kier alpha value is -3.01. The minimum Gasteiger partial charge on any atom is -0.456 e. The summed E-state index contributed by atoms with van der Waals surface area (Å²) in [4.78, 5) is 47.3. The van der Waals surface area contributed by atoms with Gasteiger partial charge in [0, 0.05) is 27.3 Å². The fourth-order valence-corrected chi connectivity index (χ4v) is 3.50. The molecule has 1 heterocycles. The van der Waals surface area contributed by atoms with Crippen LogP contribution in [0.25, 0.3) is 0 Å². The molecule has 0 spiro atoms. The van der Waals surface area contributed by atoms with Gasteiger partial charge in [0.2, 0.25) is 11.8 Å². The number of amides is 2. The third-order valence-electron chi connectivity index (χ3n) is 4.67. The van der Waals surface area contributed by atoms with E-state index >= 15 is 0 Å². The third-order valence-corrected chi connectivity index (χ3v) is 4.67. The molecule has 0 bridgehead atoms. The maximum atomic E-state index is 13.3. The Bertz CT molecular complexity index is 832. The topological polar surface area (TPSA) is 120 Å². The first-order valence-electron chi connectivity index (χ1n) is 9.85. The van der Waals surface area contributed by atoms with E-state index in [2.05, 4.69) is 10.6 Å². The van der Waals surface area contributed by atoms with Crippen LogP contribution in [0.3, 0.4) is 0 Å². The smallest absolute Gasteiger partial charge is 0.303 e. The highest BCUT2D eigenvalue weighted by Crippen LogP contribution is 2.26. The van der Waals surface area contributed by atoms with Gasteiger partial charge in [-0.3, -0.25) is 19.2 Å². The van der Waals surface area contributed by atoms with E-state index in [-0.39, 0.29) is 18.9 Å². The molecule has 5 atom stereocenters. The molecule has 1 aliphatic heterocycles. The maximum absolute atomic E-state index is 13.3. The molecule has 1 aliphatic rings. The predicted molar refractivity (Wildman–Crippen MR) is 106 cm³/mol. The minimum atomic E-state index is -1.07. The van der Waals surface area contributed by atoms with Crippen LogP contribution in [-0.2, 0) is 39.8 Å². The summed E-state index contributed by atoms with van der Waals surface area (Å²) < 4.78 is 29.9. The Kier molecular flexibility index (Phi) is 8.49. The highest BCUT2D eigenvalue weighted by atomic mass is 19.1. The summed E-state index contributed by atoms with van der Waals surface area (Å²) in [5.41, 5.74) is 0.496.